The fourth-order valence-electron chi connectivity index (χ4n) is 1.96. The van der Waals surface area contributed by atoms with E-state index in [2.05, 4.69) is 0 Å². The van der Waals surface area contributed by atoms with Gasteiger partial charge >= 0.3 is 0 Å². The van der Waals surface area contributed by atoms with Crippen LogP contribution in [0.1, 0.15) is 25.0 Å². The number of aliphatic hydroxyl groups is 1. The zero-order valence-electron chi connectivity index (χ0n) is 10.2. The molecule has 0 bridgehead atoms. The van der Waals surface area contributed by atoms with Crippen molar-refractivity contribution in [1.82, 2.24) is 0 Å². The van der Waals surface area contributed by atoms with Gasteiger partial charge in [-0.25, -0.2) is 0 Å². The van der Waals surface area contributed by atoms with Crippen molar-refractivity contribution in [2.24, 2.45) is 0 Å². The Labute approximate surface area is 106 Å². The molecule has 1 saturated heterocycles. The minimum absolute atomic E-state index is 0.262. The molecule has 0 spiro atoms. The van der Waals surface area contributed by atoms with Crippen molar-refractivity contribution in [3.63, 3.8) is 0 Å². The summed E-state index contributed by atoms with van der Waals surface area (Å²) in [7, 11) is 1.61. The predicted octanol–water partition coefficient (Wildman–Crippen LogP) is 2.63. The first-order valence-corrected chi connectivity index (χ1v) is 6.97. The fourth-order valence-corrected chi connectivity index (χ4v) is 3.05. The van der Waals surface area contributed by atoms with Gasteiger partial charge in [0.25, 0.3) is 0 Å². The summed E-state index contributed by atoms with van der Waals surface area (Å²) >= 11 is 1.91. The monoisotopic (exact) mass is 254 g/mol. The summed E-state index contributed by atoms with van der Waals surface area (Å²) in [6.45, 7) is 1.73. The average Bonchev–Trinajstić information content (AvgIpc) is 2.81. The van der Waals surface area contributed by atoms with Gasteiger partial charge in [-0.15, -0.1) is 0 Å². The fraction of sp³-hybridized carbons (Fsp3) is 0.538. The molecule has 2 unspecified atom stereocenters. The highest BCUT2D eigenvalue weighted by molar-refractivity contribution is 7.99. The standard InChI is InChI=1S/C13H18O3S/c1-9(14)11-4-3-5-12(13(11)15-2)16-10-6-7-17-8-10/h3-5,9-10,14H,6-8H2,1-2H3. The van der Waals surface area contributed by atoms with Crippen molar-refractivity contribution >= 4 is 11.8 Å². The number of aliphatic hydroxyl groups excluding tert-OH is 1. The SMILES string of the molecule is COc1c(OC2CCSC2)cccc1C(C)O. The predicted molar refractivity (Wildman–Crippen MR) is 70.0 cm³/mol. The molecule has 0 saturated carbocycles. The van der Waals surface area contributed by atoms with Crippen molar-refractivity contribution in [1.29, 1.82) is 0 Å². The van der Waals surface area contributed by atoms with Gasteiger partial charge in [0.05, 0.1) is 13.2 Å². The highest BCUT2D eigenvalue weighted by Gasteiger charge is 2.20. The Morgan fingerprint density at radius 1 is 1.47 bits per heavy atom. The zero-order valence-corrected chi connectivity index (χ0v) is 11.0. The maximum atomic E-state index is 9.68. The number of methoxy groups -OCH3 is 1. The van der Waals surface area contributed by atoms with E-state index in [1.165, 1.54) is 0 Å². The number of ether oxygens (including phenoxy) is 2. The molecular formula is C13H18O3S. The topological polar surface area (TPSA) is 38.7 Å². The van der Waals surface area contributed by atoms with Crippen molar-refractivity contribution in [2.75, 3.05) is 18.6 Å². The molecular weight excluding hydrogens is 236 g/mol. The summed E-state index contributed by atoms with van der Waals surface area (Å²) in [4.78, 5) is 0. The number of para-hydroxylation sites is 1. The Bertz CT molecular complexity index is 373. The summed E-state index contributed by atoms with van der Waals surface area (Å²) in [5, 5.41) is 9.68. The Balaban J connectivity index is 2.22. The van der Waals surface area contributed by atoms with Crippen LogP contribution in [0, 0.1) is 0 Å². The van der Waals surface area contributed by atoms with Crippen LogP contribution < -0.4 is 9.47 Å². The summed E-state index contributed by atoms with van der Waals surface area (Å²) < 4.78 is 11.3. The molecule has 2 atom stereocenters. The van der Waals surface area contributed by atoms with Gasteiger partial charge in [-0.05, 0) is 25.2 Å². The largest absolute Gasteiger partial charge is 0.492 e. The Kier molecular flexibility index (Phi) is 4.18. The van der Waals surface area contributed by atoms with E-state index in [1.54, 1.807) is 14.0 Å². The molecule has 1 aliphatic rings. The Hall–Kier alpha value is -0.870. The average molecular weight is 254 g/mol. The van der Waals surface area contributed by atoms with E-state index in [0.717, 1.165) is 29.2 Å². The van der Waals surface area contributed by atoms with Crippen molar-refractivity contribution in [2.45, 2.75) is 25.6 Å². The van der Waals surface area contributed by atoms with E-state index >= 15 is 0 Å². The number of hydrogen-bond acceptors (Lipinski definition) is 4. The molecule has 1 fully saturated rings. The molecule has 94 valence electrons. The molecule has 3 nitrogen and oxygen atoms in total. The molecule has 1 heterocycles. The van der Waals surface area contributed by atoms with Gasteiger partial charge in [-0.1, -0.05) is 12.1 Å². The normalized spacial score (nSPS) is 21.2. The lowest BCUT2D eigenvalue weighted by Gasteiger charge is -2.18. The van der Waals surface area contributed by atoms with Crippen LogP contribution in [0.5, 0.6) is 11.5 Å². The Morgan fingerprint density at radius 3 is 2.88 bits per heavy atom. The molecule has 1 aromatic rings. The second-order valence-corrected chi connectivity index (χ2v) is 5.31. The van der Waals surface area contributed by atoms with Gasteiger partial charge in [0.1, 0.15) is 6.10 Å². The maximum absolute atomic E-state index is 9.68. The van der Waals surface area contributed by atoms with Gasteiger partial charge < -0.3 is 14.6 Å². The van der Waals surface area contributed by atoms with Gasteiger partial charge in [-0.3, -0.25) is 0 Å². The number of hydrogen-bond donors (Lipinski definition) is 1. The molecule has 1 aromatic carbocycles. The molecule has 0 aliphatic carbocycles. The first-order valence-electron chi connectivity index (χ1n) is 5.81. The molecule has 2 rings (SSSR count). The van der Waals surface area contributed by atoms with Crippen LogP contribution >= 0.6 is 11.8 Å². The van der Waals surface area contributed by atoms with Gasteiger partial charge in [0.15, 0.2) is 11.5 Å². The minimum Gasteiger partial charge on any atom is -0.492 e. The van der Waals surface area contributed by atoms with Crippen LogP contribution in [0.25, 0.3) is 0 Å². The first kappa shape index (κ1) is 12.6. The zero-order chi connectivity index (χ0) is 12.3. The van der Waals surface area contributed by atoms with Gasteiger partial charge in [-0.2, -0.15) is 11.8 Å². The number of thioether (sulfide) groups is 1. The van der Waals surface area contributed by atoms with Crippen molar-refractivity contribution < 1.29 is 14.6 Å². The minimum atomic E-state index is -0.550. The molecule has 0 amide bonds. The van der Waals surface area contributed by atoms with Crippen molar-refractivity contribution in [3.8, 4) is 11.5 Å². The highest BCUT2D eigenvalue weighted by atomic mass is 32.2. The van der Waals surface area contributed by atoms with Crippen LogP contribution in [-0.4, -0.2) is 29.8 Å². The first-order chi connectivity index (χ1) is 8.22. The summed E-state index contributed by atoms with van der Waals surface area (Å²) in [6, 6.07) is 5.65. The smallest absolute Gasteiger partial charge is 0.166 e. The van der Waals surface area contributed by atoms with Crippen LogP contribution in [0.15, 0.2) is 18.2 Å². The lowest BCUT2D eigenvalue weighted by atomic mass is 10.1. The van der Waals surface area contributed by atoms with E-state index in [1.807, 2.05) is 30.0 Å². The van der Waals surface area contributed by atoms with E-state index in [-0.39, 0.29) is 6.10 Å². The van der Waals surface area contributed by atoms with E-state index in [9.17, 15) is 5.11 Å². The van der Waals surface area contributed by atoms with Gasteiger partial charge in [0, 0.05) is 11.3 Å². The van der Waals surface area contributed by atoms with Crippen LogP contribution in [-0.2, 0) is 0 Å². The lowest BCUT2D eigenvalue weighted by molar-refractivity contribution is 0.187. The lowest BCUT2D eigenvalue weighted by Crippen LogP contribution is -2.15. The third kappa shape index (κ3) is 2.87. The van der Waals surface area contributed by atoms with E-state index < -0.39 is 6.10 Å². The van der Waals surface area contributed by atoms with Crippen LogP contribution in [0.4, 0.5) is 0 Å². The third-order valence-corrected chi connectivity index (χ3v) is 3.98. The van der Waals surface area contributed by atoms with Crippen LogP contribution in [0.2, 0.25) is 0 Å². The highest BCUT2D eigenvalue weighted by Crippen LogP contribution is 2.36. The molecule has 4 heteroatoms. The third-order valence-electron chi connectivity index (χ3n) is 2.85. The molecule has 0 radical (unpaired) electrons. The van der Waals surface area contributed by atoms with Gasteiger partial charge in [0.2, 0.25) is 0 Å². The Morgan fingerprint density at radius 2 is 2.29 bits per heavy atom. The molecule has 0 aromatic heterocycles. The second-order valence-electron chi connectivity index (χ2n) is 4.16. The van der Waals surface area contributed by atoms with E-state index in [0.29, 0.717) is 5.75 Å². The van der Waals surface area contributed by atoms with Crippen molar-refractivity contribution in [3.05, 3.63) is 23.8 Å². The second kappa shape index (κ2) is 5.65. The van der Waals surface area contributed by atoms with Crippen LogP contribution in [0.3, 0.4) is 0 Å². The molecule has 1 N–H and O–H groups in total. The molecule has 17 heavy (non-hydrogen) atoms. The summed E-state index contributed by atoms with van der Waals surface area (Å²) in [5.74, 6) is 3.57. The summed E-state index contributed by atoms with van der Waals surface area (Å²) in [6.07, 6.45) is 0.789. The molecule has 1 aliphatic heterocycles. The summed E-state index contributed by atoms with van der Waals surface area (Å²) in [5.41, 5.74) is 0.774. The maximum Gasteiger partial charge on any atom is 0.166 e. The quantitative estimate of drug-likeness (QED) is 0.896. The number of rotatable bonds is 4. The van der Waals surface area contributed by atoms with E-state index in [4.69, 9.17) is 9.47 Å². The number of benzene rings is 1.